The van der Waals surface area contributed by atoms with E-state index < -0.39 is 0 Å². The van der Waals surface area contributed by atoms with Crippen LogP contribution in [0.2, 0.25) is 5.02 Å². The Bertz CT molecular complexity index is 1100. The maximum atomic E-state index is 12.8. The fourth-order valence-corrected chi connectivity index (χ4v) is 4.56. The fourth-order valence-electron chi connectivity index (χ4n) is 4.37. The van der Waals surface area contributed by atoms with Crippen LogP contribution >= 0.6 is 11.6 Å². The van der Waals surface area contributed by atoms with Crippen molar-refractivity contribution < 1.29 is 14.1 Å². The molecule has 2 heterocycles. The summed E-state index contributed by atoms with van der Waals surface area (Å²) in [5.74, 6) is 2.11. The molecule has 1 saturated heterocycles. The van der Waals surface area contributed by atoms with Crippen molar-refractivity contribution in [3.63, 3.8) is 0 Å². The fraction of sp³-hybridized carbons (Fsp3) is 0.444. The standard InChI is InChI=1S/C27H33ClN4O3/c1-2-16-34-24-13-4-3-8-20(24)10-6-14-29-27(33)22-11-7-15-32(18-22)19-25-30-26(31-35-25)21-9-5-12-23(28)17-21/h3-5,8-9,12-13,17,22H,2,6-7,10-11,14-16,18-19H2,1H3,(H,29,33). The Labute approximate surface area is 211 Å². The van der Waals surface area contributed by atoms with Gasteiger partial charge in [-0.25, -0.2) is 0 Å². The number of hydrogen-bond acceptors (Lipinski definition) is 6. The van der Waals surface area contributed by atoms with Crippen molar-refractivity contribution >= 4 is 17.5 Å². The number of halogens is 1. The van der Waals surface area contributed by atoms with Crippen molar-refractivity contribution in [3.05, 3.63) is 65.0 Å². The molecule has 8 heteroatoms. The summed E-state index contributed by atoms with van der Waals surface area (Å²) in [7, 11) is 0. The second-order valence-electron chi connectivity index (χ2n) is 8.95. The van der Waals surface area contributed by atoms with E-state index in [4.69, 9.17) is 20.9 Å². The number of carbonyl (C=O) groups is 1. The zero-order valence-electron chi connectivity index (χ0n) is 20.2. The number of benzene rings is 2. The molecule has 1 atom stereocenters. The number of likely N-dealkylation sites (tertiary alicyclic amines) is 1. The average Bonchev–Trinajstić information content (AvgIpc) is 3.34. The normalized spacial score (nSPS) is 16.2. The molecule has 35 heavy (non-hydrogen) atoms. The number of para-hydroxylation sites is 1. The molecule has 1 fully saturated rings. The zero-order valence-corrected chi connectivity index (χ0v) is 21.0. The van der Waals surface area contributed by atoms with E-state index in [0.29, 0.717) is 36.4 Å². The summed E-state index contributed by atoms with van der Waals surface area (Å²) in [5, 5.41) is 7.85. The maximum Gasteiger partial charge on any atom is 0.241 e. The first-order chi connectivity index (χ1) is 17.1. The lowest BCUT2D eigenvalue weighted by Gasteiger charge is -2.30. The molecule has 0 bridgehead atoms. The second kappa shape index (κ2) is 12.7. The summed E-state index contributed by atoms with van der Waals surface area (Å²) >= 11 is 6.07. The van der Waals surface area contributed by atoms with Crippen molar-refractivity contribution in [1.29, 1.82) is 0 Å². The molecular formula is C27H33ClN4O3. The largest absolute Gasteiger partial charge is 0.493 e. The van der Waals surface area contributed by atoms with Gasteiger partial charge in [0.25, 0.3) is 0 Å². The summed E-state index contributed by atoms with van der Waals surface area (Å²) < 4.78 is 11.3. The predicted molar refractivity (Wildman–Crippen MR) is 136 cm³/mol. The molecule has 1 aliphatic heterocycles. The highest BCUT2D eigenvalue weighted by molar-refractivity contribution is 6.30. The highest BCUT2D eigenvalue weighted by atomic mass is 35.5. The van der Waals surface area contributed by atoms with Gasteiger partial charge in [-0.2, -0.15) is 4.98 Å². The molecule has 1 aliphatic rings. The van der Waals surface area contributed by atoms with Gasteiger partial charge in [0.05, 0.1) is 19.1 Å². The molecule has 1 unspecified atom stereocenters. The number of hydrogen-bond donors (Lipinski definition) is 1. The lowest BCUT2D eigenvalue weighted by Crippen LogP contribution is -2.43. The van der Waals surface area contributed by atoms with Crippen LogP contribution in [-0.2, 0) is 17.8 Å². The van der Waals surface area contributed by atoms with E-state index in [-0.39, 0.29) is 11.8 Å². The molecule has 0 radical (unpaired) electrons. The average molecular weight is 497 g/mol. The molecule has 0 spiro atoms. The van der Waals surface area contributed by atoms with Crippen LogP contribution in [0.3, 0.4) is 0 Å². The summed E-state index contributed by atoms with van der Waals surface area (Å²) in [6.45, 7) is 5.61. The van der Waals surface area contributed by atoms with Gasteiger partial charge in [-0.15, -0.1) is 0 Å². The number of carbonyl (C=O) groups excluding carboxylic acids is 1. The maximum absolute atomic E-state index is 12.8. The third kappa shape index (κ3) is 7.29. The molecule has 1 N–H and O–H groups in total. The lowest BCUT2D eigenvalue weighted by atomic mass is 9.97. The van der Waals surface area contributed by atoms with Crippen molar-refractivity contribution in [3.8, 4) is 17.1 Å². The number of amides is 1. The predicted octanol–water partition coefficient (Wildman–Crippen LogP) is 5.14. The van der Waals surface area contributed by atoms with E-state index in [1.54, 1.807) is 0 Å². The Morgan fingerprint density at radius 3 is 3.00 bits per heavy atom. The van der Waals surface area contributed by atoms with Crippen LogP contribution in [0.15, 0.2) is 53.1 Å². The third-order valence-corrected chi connectivity index (χ3v) is 6.38. The van der Waals surface area contributed by atoms with Gasteiger partial charge in [0, 0.05) is 23.7 Å². The SMILES string of the molecule is CCCOc1ccccc1CCCNC(=O)C1CCCN(Cc2nc(-c3cccc(Cl)c3)no2)C1. The Kier molecular flexibility index (Phi) is 9.15. The Morgan fingerprint density at radius 1 is 1.26 bits per heavy atom. The zero-order chi connectivity index (χ0) is 24.5. The van der Waals surface area contributed by atoms with Crippen molar-refractivity contribution in [2.45, 2.75) is 45.6 Å². The third-order valence-electron chi connectivity index (χ3n) is 6.14. The van der Waals surface area contributed by atoms with Crippen LogP contribution < -0.4 is 10.1 Å². The summed E-state index contributed by atoms with van der Waals surface area (Å²) in [6.07, 6.45) is 4.60. The van der Waals surface area contributed by atoms with Gasteiger partial charge in [0.2, 0.25) is 17.6 Å². The van der Waals surface area contributed by atoms with Gasteiger partial charge in [-0.1, -0.05) is 54.0 Å². The van der Waals surface area contributed by atoms with Gasteiger partial charge < -0.3 is 14.6 Å². The highest BCUT2D eigenvalue weighted by Gasteiger charge is 2.26. The lowest BCUT2D eigenvalue weighted by molar-refractivity contribution is -0.126. The van der Waals surface area contributed by atoms with E-state index in [1.807, 2.05) is 42.5 Å². The topological polar surface area (TPSA) is 80.5 Å². The number of rotatable bonds is 11. The minimum Gasteiger partial charge on any atom is -0.493 e. The molecule has 7 nitrogen and oxygen atoms in total. The first kappa shape index (κ1) is 25.2. The molecule has 1 aromatic heterocycles. The van der Waals surface area contributed by atoms with Crippen LogP contribution in [-0.4, -0.2) is 47.2 Å². The molecule has 0 aliphatic carbocycles. The van der Waals surface area contributed by atoms with Gasteiger partial charge in [0.15, 0.2) is 0 Å². The van der Waals surface area contributed by atoms with Crippen LogP contribution in [0.4, 0.5) is 0 Å². The van der Waals surface area contributed by atoms with E-state index in [9.17, 15) is 4.79 Å². The quantitative estimate of drug-likeness (QED) is 0.370. The minimum atomic E-state index is -0.0285. The van der Waals surface area contributed by atoms with Gasteiger partial charge >= 0.3 is 0 Å². The van der Waals surface area contributed by atoms with E-state index in [0.717, 1.165) is 56.6 Å². The van der Waals surface area contributed by atoms with E-state index >= 15 is 0 Å². The molecule has 1 amide bonds. The molecular weight excluding hydrogens is 464 g/mol. The van der Waals surface area contributed by atoms with Gasteiger partial charge in [0.1, 0.15) is 5.75 Å². The van der Waals surface area contributed by atoms with Crippen molar-refractivity contribution in [1.82, 2.24) is 20.4 Å². The first-order valence-electron chi connectivity index (χ1n) is 12.4. The summed E-state index contributed by atoms with van der Waals surface area (Å²) in [4.78, 5) is 19.5. The Balaban J connectivity index is 1.22. The number of nitrogens with zero attached hydrogens (tertiary/aromatic N) is 3. The van der Waals surface area contributed by atoms with Crippen molar-refractivity contribution in [2.75, 3.05) is 26.2 Å². The highest BCUT2D eigenvalue weighted by Crippen LogP contribution is 2.23. The number of aryl methyl sites for hydroxylation is 1. The van der Waals surface area contributed by atoms with Gasteiger partial charge in [-0.05, 0) is 62.4 Å². The van der Waals surface area contributed by atoms with Crippen LogP contribution in [0.25, 0.3) is 11.4 Å². The second-order valence-corrected chi connectivity index (χ2v) is 9.38. The Hall–Kier alpha value is -2.90. The first-order valence-corrected chi connectivity index (χ1v) is 12.8. The minimum absolute atomic E-state index is 0.0285. The molecule has 0 saturated carbocycles. The van der Waals surface area contributed by atoms with Crippen LogP contribution in [0, 0.1) is 5.92 Å². The van der Waals surface area contributed by atoms with Gasteiger partial charge in [-0.3, -0.25) is 9.69 Å². The summed E-state index contributed by atoms with van der Waals surface area (Å²) in [6, 6.07) is 15.5. The molecule has 186 valence electrons. The number of ether oxygens (including phenoxy) is 1. The van der Waals surface area contributed by atoms with E-state index in [1.165, 1.54) is 5.56 Å². The van der Waals surface area contributed by atoms with Crippen LogP contribution in [0.5, 0.6) is 5.75 Å². The number of aromatic nitrogens is 2. The Morgan fingerprint density at radius 2 is 2.14 bits per heavy atom. The molecule has 3 aromatic rings. The summed E-state index contributed by atoms with van der Waals surface area (Å²) in [5.41, 5.74) is 2.01. The van der Waals surface area contributed by atoms with E-state index in [2.05, 4.69) is 33.3 Å². The number of nitrogens with one attached hydrogen (secondary N) is 1. The van der Waals surface area contributed by atoms with Crippen molar-refractivity contribution in [2.24, 2.45) is 5.92 Å². The smallest absolute Gasteiger partial charge is 0.241 e. The molecule has 2 aromatic carbocycles. The molecule has 4 rings (SSSR count). The number of piperidine rings is 1. The monoisotopic (exact) mass is 496 g/mol. The van der Waals surface area contributed by atoms with Crippen LogP contribution in [0.1, 0.15) is 44.1 Å².